The molecule has 1 saturated heterocycles. The zero-order valence-corrected chi connectivity index (χ0v) is 13.9. The fourth-order valence-corrected chi connectivity index (χ4v) is 4.43. The predicted molar refractivity (Wildman–Crippen MR) is 83.0 cm³/mol. The molecule has 1 heterocycles. The molecule has 1 atom stereocenters. The second-order valence-electron chi connectivity index (χ2n) is 5.62. The van der Waals surface area contributed by atoms with Gasteiger partial charge in [-0.1, -0.05) is 17.7 Å². The summed E-state index contributed by atoms with van der Waals surface area (Å²) in [7, 11) is -1.87. The quantitative estimate of drug-likeness (QED) is 0.864. The topological polar surface area (TPSA) is 67.4 Å². The van der Waals surface area contributed by atoms with Crippen LogP contribution in [0.3, 0.4) is 0 Å². The molecule has 1 aromatic rings. The van der Waals surface area contributed by atoms with Gasteiger partial charge in [-0.15, -0.1) is 0 Å². The van der Waals surface area contributed by atoms with Gasteiger partial charge in [0.2, 0.25) is 10.0 Å². The molecular weight excluding hydrogens is 312 g/mol. The van der Waals surface area contributed by atoms with Crippen LogP contribution in [0.4, 0.5) is 0 Å². The summed E-state index contributed by atoms with van der Waals surface area (Å²) in [5.41, 5.74) is 0.284. The molecule has 2 N–H and O–H groups in total. The van der Waals surface area contributed by atoms with Crippen molar-refractivity contribution in [1.29, 1.82) is 0 Å². The molecule has 1 fully saturated rings. The molecule has 1 aliphatic heterocycles. The molecule has 21 heavy (non-hydrogen) atoms. The molecule has 1 unspecified atom stereocenters. The summed E-state index contributed by atoms with van der Waals surface area (Å²) >= 11 is 6.07. The molecule has 0 bridgehead atoms. The van der Waals surface area contributed by atoms with E-state index < -0.39 is 15.6 Å². The van der Waals surface area contributed by atoms with Gasteiger partial charge in [-0.25, -0.2) is 13.1 Å². The van der Waals surface area contributed by atoms with Crippen LogP contribution < -0.4 is 10.0 Å². The Morgan fingerprint density at radius 3 is 2.81 bits per heavy atom. The number of ether oxygens (including phenoxy) is 1. The Labute approximate surface area is 131 Å². The van der Waals surface area contributed by atoms with Crippen molar-refractivity contribution in [2.45, 2.75) is 36.7 Å². The Morgan fingerprint density at radius 2 is 2.19 bits per heavy atom. The third-order valence-corrected chi connectivity index (χ3v) is 5.60. The van der Waals surface area contributed by atoms with Gasteiger partial charge >= 0.3 is 0 Å². The van der Waals surface area contributed by atoms with E-state index in [9.17, 15) is 8.42 Å². The van der Waals surface area contributed by atoms with Crippen molar-refractivity contribution >= 4 is 21.6 Å². The van der Waals surface area contributed by atoms with Crippen molar-refractivity contribution in [1.82, 2.24) is 10.0 Å². The summed E-state index contributed by atoms with van der Waals surface area (Å²) in [4.78, 5) is 0.115. The molecule has 1 aromatic carbocycles. The molecule has 1 aliphatic rings. The molecule has 118 valence electrons. The lowest BCUT2D eigenvalue weighted by molar-refractivity contribution is 0.0386. The Morgan fingerprint density at radius 1 is 1.43 bits per heavy atom. The number of hydrogen-bond donors (Lipinski definition) is 2. The van der Waals surface area contributed by atoms with E-state index >= 15 is 0 Å². The van der Waals surface area contributed by atoms with E-state index in [2.05, 4.69) is 10.0 Å². The van der Waals surface area contributed by atoms with Gasteiger partial charge in [0, 0.05) is 13.2 Å². The van der Waals surface area contributed by atoms with Gasteiger partial charge in [-0.3, -0.25) is 0 Å². The van der Waals surface area contributed by atoms with Crippen molar-refractivity contribution < 1.29 is 13.2 Å². The van der Waals surface area contributed by atoms with Gasteiger partial charge in [-0.2, -0.15) is 0 Å². The maximum Gasteiger partial charge on any atom is 0.242 e. The average molecular weight is 333 g/mol. The lowest BCUT2D eigenvalue weighted by Crippen LogP contribution is -2.51. The maximum absolute atomic E-state index is 12.6. The van der Waals surface area contributed by atoms with E-state index in [4.69, 9.17) is 16.3 Å². The summed E-state index contributed by atoms with van der Waals surface area (Å²) in [5.74, 6) is 0. The van der Waals surface area contributed by atoms with Crippen LogP contribution in [0.1, 0.15) is 25.3 Å². The normalized spacial score (nSPS) is 23.2. The van der Waals surface area contributed by atoms with Crippen molar-refractivity contribution in [3.8, 4) is 0 Å². The van der Waals surface area contributed by atoms with Gasteiger partial charge in [0.1, 0.15) is 4.90 Å². The number of nitrogens with one attached hydrogen (secondary N) is 2. The van der Waals surface area contributed by atoms with Crippen LogP contribution in [0.25, 0.3) is 0 Å². The third kappa shape index (κ3) is 4.17. The first-order valence-electron chi connectivity index (χ1n) is 6.91. The molecule has 0 amide bonds. The van der Waals surface area contributed by atoms with Crippen molar-refractivity contribution in [2.75, 3.05) is 20.3 Å². The van der Waals surface area contributed by atoms with Gasteiger partial charge in [0.05, 0.1) is 17.2 Å². The number of sulfonamides is 1. The van der Waals surface area contributed by atoms with E-state index in [1.54, 1.807) is 19.2 Å². The highest BCUT2D eigenvalue weighted by molar-refractivity contribution is 7.89. The molecule has 0 saturated carbocycles. The van der Waals surface area contributed by atoms with Crippen LogP contribution in [0.15, 0.2) is 23.1 Å². The monoisotopic (exact) mass is 332 g/mol. The fourth-order valence-electron chi connectivity index (χ4n) is 2.46. The first-order chi connectivity index (χ1) is 9.86. The Bertz CT molecular complexity index is 598. The number of hydrogen-bond acceptors (Lipinski definition) is 4. The number of benzene rings is 1. The number of rotatable bonds is 5. The lowest BCUT2D eigenvalue weighted by Gasteiger charge is -2.34. The molecule has 0 aliphatic carbocycles. The smallest absolute Gasteiger partial charge is 0.242 e. The van der Waals surface area contributed by atoms with Crippen LogP contribution in [0.5, 0.6) is 0 Å². The molecule has 0 radical (unpaired) electrons. The Kier molecular flexibility index (Phi) is 5.27. The van der Waals surface area contributed by atoms with Crippen LogP contribution in [0, 0.1) is 0 Å². The van der Waals surface area contributed by atoms with Gasteiger partial charge in [-0.05, 0) is 44.5 Å². The van der Waals surface area contributed by atoms with Crippen molar-refractivity contribution in [3.05, 3.63) is 28.8 Å². The SMILES string of the molecule is CNCc1ccc(Cl)c(S(=O)(=O)NC2(C)CCCOC2)c1. The predicted octanol–water partition coefficient (Wildman–Crippen LogP) is 1.91. The summed E-state index contributed by atoms with van der Waals surface area (Å²) in [6, 6.07) is 5.03. The van der Waals surface area contributed by atoms with E-state index in [1.165, 1.54) is 0 Å². The molecule has 7 heteroatoms. The van der Waals surface area contributed by atoms with Crippen molar-refractivity contribution in [3.63, 3.8) is 0 Å². The standard InChI is InChI=1S/C14H21ClN2O3S/c1-14(6-3-7-20-10-14)17-21(18,19)13-8-11(9-16-2)4-5-12(13)15/h4-5,8,16-17H,3,6-7,9-10H2,1-2H3. The van der Waals surface area contributed by atoms with Gasteiger partial charge in [0.25, 0.3) is 0 Å². The minimum atomic E-state index is -3.68. The minimum absolute atomic E-state index is 0.115. The first-order valence-corrected chi connectivity index (χ1v) is 8.77. The second kappa shape index (κ2) is 6.62. The van der Waals surface area contributed by atoms with Crippen LogP contribution >= 0.6 is 11.6 Å². The van der Waals surface area contributed by atoms with Crippen LogP contribution in [-0.2, 0) is 21.3 Å². The highest BCUT2D eigenvalue weighted by Gasteiger charge is 2.33. The highest BCUT2D eigenvalue weighted by atomic mass is 35.5. The van der Waals surface area contributed by atoms with Crippen molar-refractivity contribution in [2.24, 2.45) is 0 Å². The first kappa shape index (κ1) is 16.7. The zero-order valence-electron chi connectivity index (χ0n) is 12.3. The molecule has 5 nitrogen and oxygen atoms in total. The second-order valence-corrected chi connectivity index (χ2v) is 7.68. The third-order valence-electron chi connectivity index (χ3n) is 3.48. The number of halogens is 1. The van der Waals surface area contributed by atoms with Crippen LogP contribution in [0.2, 0.25) is 5.02 Å². The van der Waals surface area contributed by atoms with Gasteiger partial charge in [0.15, 0.2) is 0 Å². The zero-order chi connectivity index (χ0) is 15.5. The summed E-state index contributed by atoms with van der Waals surface area (Å²) in [6.07, 6.45) is 1.59. The van der Waals surface area contributed by atoms with E-state index in [0.717, 1.165) is 18.4 Å². The minimum Gasteiger partial charge on any atom is -0.380 e. The fraction of sp³-hybridized carbons (Fsp3) is 0.571. The van der Waals surface area contributed by atoms with E-state index in [-0.39, 0.29) is 9.92 Å². The molecule has 0 spiro atoms. The van der Waals surface area contributed by atoms with E-state index in [0.29, 0.717) is 19.8 Å². The Balaban J connectivity index is 2.28. The Hall–Kier alpha value is -0.660. The maximum atomic E-state index is 12.6. The van der Waals surface area contributed by atoms with Gasteiger partial charge < -0.3 is 10.1 Å². The van der Waals surface area contributed by atoms with E-state index in [1.807, 2.05) is 13.0 Å². The lowest BCUT2D eigenvalue weighted by atomic mass is 9.97. The average Bonchev–Trinajstić information content (AvgIpc) is 2.40. The summed E-state index contributed by atoms with van der Waals surface area (Å²) in [6.45, 7) is 3.49. The largest absolute Gasteiger partial charge is 0.380 e. The molecular formula is C14H21ClN2O3S. The summed E-state index contributed by atoms with van der Waals surface area (Å²) in [5, 5.41) is 3.22. The highest BCUT2D eigenvalue weighted by Crippen LogP contribution is 2.26. The van der Waals surface area contributed by atoms with Crippen LogP contribution in [-0.4, -0.2) is 34.2 Å². The molecule has 0 aromatic heterocycles. The molecule has 2 rings (SSSR count). The summed E-state index contributed by atoms with van der Waals surface area (Å²) < 4.78 is 33.4.